The van der Waals surface area contributed by atoms with E-state index in [1.165, 1.54) is 12.1 Å². The molecule has 0 spiro atoms. The van der Waals surface area contributed by atoms with Crippen LogP contribution in [0.25, 0.3) is 0 Å². The lowest BCUT2D eigenvalue weighted by atomic mass is 10.1. The van der Waals surface area contributed by atoms with Gasteiger partial charge in [0.1, 0.15) is 4.90 Å². The van der Waals surface area contributed by atoms with Crippen molar-refractivity contribution in [1.82, 2.24) is 0 Å². The average molecular weight is 428 g/mol. The van der Waals surface area contributed by atoms with Crippen LogP contribution in [0.2, 0.25) is 5.02 Å². The quantitative estimate of drug-likeness (QED) is 0.411. The molecule has 0 aliphatic rings. The number of likely N-dealkylation sites (N-methyl/N-ethyl adjacent to an activating group) is 1. The molecule has 0 aromatic heterocycles. The van der Waals surface area contributed by atoms with Gasteiger partial charge in [-0.15, -0.1) is 3.89 Å². The maximum absolute atomic E-state index is 13.3. The van der Waals surface area contributed by atoms with Gasteiger partial charge in [-0.25, -0.2) is 0 Å². The fourth-order valence-electron chi connectivity index (χ4n) is 2.74. The molecule has 0 aliphatic carbocycles. The maximum atomic E-state index is 13.3. The van der Waals surface area contributed by atoms with E-state index in [-0.39, 0.29) is 10.7 Å². The van der Waals surface area contributed by atoms with Gasteiger partial charge in [0.15, 0.2) is 0 Å². The molecule has 2 aromatic carbocycles. The second kappa shape index (κ2) is 9.45. The van der Waals surface area contributed by atoms with Crippen LogP contribution in [0.1, 0.15) is 18.1 Å². The Morgan fingerprint density at radius 1 is 1.14 bits per heavy atom. The number of rotatable bonds is 8. The number of hydrogen-bond donors (Lipinski definition) is 0. The fraction of sp³-hybridized carbons (Fsp3) is 0.368. The number of halogens is 2. The zero-order valence-corrected chi connectivity index (χ0v) is 17.8. The van der Waals surface area contributed by atoms with Gasteiger partial charge in [-0.3, -0.25) is 0 Å². The number of anilines is 1. The summed E-state index contributed by atoms with van der Waals surface area (Å²) in [5.74, 6) is 0. The number of ether oxygens (including phenoxy) is 1. The lowest BCUT2D eigenvalue weighted by molar-refractivity contribution is 0.205. The van der Waals surface area contributed by atoms with Crippen LogP contribution in [0.3, 0.4) is 0 Å². The molecule has 0 heterocycles. The summed E-state index contributed by atoms with van der Waals surface area (Å²) in [7, 11) is -3.26. The second-order valence-corrected chi connectivity index (χ2v) is 7.97. The lowest BCUT2D eigenvalue weighted by Gasteiger charge is -2.25. The van der Waals surface area contributed by atoms with E-state index in [1.807, 2.05) is 26.0 Å². The Labute approximate surface area is 170 Å². The molecular weight excluding hydrogens is 405 g/mol. The molecule has 6 nitrogen and oxygen atoms in total. The molecule has 2 aromatic rings. The minimum absolute atomic E-state index is 0.192. The number of azo groups is 1. The molecule has 9 heteroatoms. The molecule has 0 fully saturated rings. The molecule has 0 aliphatic heterocycles. The van der Waals surface area contributed by atoms with Gasteiger partial charge in [0, 0.05) is 25.9 Å². The van der Waals surface area contributed by atoms with Crippen molar-refractivity contribution in [3.8, 4) is 0 Å². The molecule has 152 valence electrons. The SMILES string of the molecule is CCN(CCOC)c1cc(C)c(/N=N/c2ccc(Cl)c(S(=O)(=O)F)c2)cc1C. The molecule has 0 unspecified atom stereocenters. The maximum Gasteiger partial charge on any atom is 0.333 e. The Hall–Kier alpha value is -2.03. The van der Waals surface area contributed by atoms with Gasteiger partial charge >= 0.3 is 10.2 Å². The van der Waals surface area contributed by atoms with Crippen LogP contribution >= 0.6 is 11.6 Å². The molecule has 0 amide bonds. The monoisotopic (exact) mass is 427 g/mol. The van der Waals surface area contributed by atoms with Gasteiger partial charge in [-0.1, -0.05) is 11.6 Å². The second-order valence-electron chi connectivity index (χ2n) is 6.25. The predicted molar refractivity (Wildman–Crippen MR) is 110 cm³/mol. The van der Waals surface area contributed by atoms with Crippen LogP contribution < -0.4 is 4.90 Å². The summed E-state index contributed by atoms with van der Waals surface area (Å²) in [6.07, 6.45) is 0. The molecule has 2 rings (SSSR count). The van der Waals surface area contributed by atoms with Crippen LogP contribution in [-0.4, -0.2) is 35.2 Å². The number of methoxy groups -OCH3 is 1. The third-order valence-corrected chi connectivity index (χ3v) is 5.56. The molecule has 0 atom stereocenters. The first kappa shape index (κ1) is 22.3. The fourth-order valence-corrected chi connectivity index (χ4v) is 3.69. The number of hydrogen-bond acceptors (Lipinski definition) is 6. The van der Waals surface area contributed by atoms with Crippen LogP contribution in [0, 0.1) is 13.8 Å². The highest BCUT2D eigenvalue weighted by atomic mass is 35.5. The topological polar surface area (TPSA) is 71.3 Å². The van der Waals surface area contributed by atoms with E-state index in [9.17, 15) is 12.3 Å². The first-order valence-electron chi connectivity index (χ1n) is 8.68. The highest BCUT2D eigenvalue weighted by molar-refractivity contribution is 7.86. The smallest absolute Gasteiger partial charge is 0.333 e. The summed E-state index contributed by atoms with van der Waals surface area (Å²) in [5, 5.41) is 8.04. The van der Waals surface area contributed by atoms with Crippen LogP contribution in [0.4, 0.5) is 20.9 Å². The summed E-state index contributed by atoms with van der Waals surface area (Å²) in [6, 6.07) is 7.74. The summed E-state index contributed by atoms with van der Waals surface area (Å²) < 4.78 is 40.7. The van der Waals surface area contributed by atoms with Crippen molar-refractivity contribution >= 4 is 38.9 Å². The Bertz CT molecular complexity index is 981. The van der Waals surface area contributed by atoms with Crippen molar-refractivity contribution in [2.24, 2.45) is 10.2 Å². The van der Waals surface area contributed by atoms with E-state index in [0.29, 0.717) is 12.3 Å². The summed E-state index contributed by atoms with van der Waals surface area (Å²) in [4.78, 5) is 1.59. The molecule has 0 saturated heterocycles. The average Bonchev–Trinajstić information content (AvgIpc) is 2.63. The molecule has 0 saturated carbocycles. The molecule has 0 radical (unpaired) electrons. The van der Waals surface area contributed by atoms with E-state index < -0.39 is 15.1 Å². The Balaban J connectivity index is 2.34. The first-order valence-corrected chi connectivity index (χ1v) is 10.4. The molecule has 0 bridgehead atoms. The zero-order valence-electron chi connectivity index (χ0n) is 16.2. The van der Waals surface area contributed by atoms with Crippen LogP contribution in [0.15, 0.2) is 45.5 Å². The zero-order chi connectivity index (χ0) is 20.9. The summed E-state index contributed by atoms with van der Waals surface area (Å²) >= 11 is 5.74. The first-order chi connectivity index (χ1) is 13.2. The van der Waals surface area contributed by atoms with Gasteiger partial charge < -0.3 is 9.64 Å². The van der Waals surface area contributed by atoms with E-state index in [0.717, 1.165) is 36.0 Å². The number of benzene rings is 2. The van der Waals surface area contributed by atoms with E-state index >= 15 is 0 Å². The minimum atomic E-state index is -4.93. The standard InChI is InChI=1S/C19H23ClFN3O3S/c1-5-24(8-9-27-4)18-11-13(2)17(10-14(18)3)23-22-15-6-7-16(20)19(12-15)28(21,25)26/h6-7,10-12H,5,8-9H2,1-4H3/b23-22+. The molecule has 28 heavy (non-hydrogen) atoms. The lowest BCUT2D eigenvalue weighted by Crippen LogP contribution is -2.27. The van der Waals surface area contributed by atoms with E-state index in [4.69, 9.17) is 16.3 Å². The van der Waals surface area contributed by atoms with Gasteiger partial charge in [-0.05, 0) is 62.2 Å². The van der Waals surface area contributed by atoms with Gasteiger partial charge in [0.2, 0.25) is 0 Å². The third-order valence-electron chi connectivity index (χ3n) is 4.25. The Morgan fingerprint density at radius 2 is 1.86 bits per heavy atom. The highest BCUT2D eigenvalue weighted by Crippen LogP contribution is 2.32. The normalized spacial score (nSPS) is 11.9. The number of nitrogens with zero attached hydrogens (tertiary/aromatic N) is 3. The van der Waals surface area contributed by atoms with Crippen LogP contribution in [0.5, 0.6) is 0 Å². The predicted octanol–water partition coefficient (Wildman–Crippen LogP) is 5.50. The van der Waals surface area contributed by atoms with Crippen molar-refractivity contribution < 1.29 is 17.0 Å². The summed E-state index contributed by atoms with van der Waals surface area (Å²) in [6.45, 7) is 8.23. The van der Waals surface area contributed by atoms with Gasteiger partial charge in [0.25, 0.3) is 0 Å². The highest BCUT2D eigenvalue weighted by Gasteiger charge is 2.17. The van der Waals surface area contributed by atoms with Crippen molar-refractivity contribution in [2.75, 3.05) is 31.7 Å². The minimum Gasteiger partial charge on any atom is -0.383 e. The Morgan fingerprint density at radius 3 is 2.46 bits per heavy atom. The summed E-state index contributed by atoms with van der Waals surface area (Å²) in [5.41, 5.74) is 3.86. The van der Waals surface area contributed by atoms with Gasteiger partial charge in [-0.2, -0.15) is 18.6 Å². The third kappa shape index (κ3) is 5.50. The van der Waals surface area contributed by atoms with E-state index in [2.05, 4.69) is 22.1 Å². The van der Waals surface area contributed by atoms with Crippen molar-refractivity contribution in [1.29, 1.82) is 0 Å². The Kier molecular flexibility index (Phi) is 7.51. The van der Waals surface area contributed by atoms with Crippen LogP contribution in [-0.2, 0) is 15.0 Å². The van der Waals surface area contributed by atoms with E-state index in [1.54, 1.807) is 7.11 Å². The van der Waals surface area contributed by atoms with Crippen molar-refractivity contribution in [3.05, 3.63) is 46.5 Å². The van der Waals surface area contributed by atoms with Gasteiger partial charge in [0.05, 0.1) is 23.0 Å². The largest absolute Gasteiger partial charge is 0.383 e. The molecule has 0 N–H and O–H groups in total. The molecular formula is C19H23ClFN3O3S. The number of aryl methyl sites for hydroxylation is 2. The van der Waals surface area contributed by atoms with Crippen molar-refractivity contribution in [3.63, 3.8) is 0 Å². The van der Waals surface area contributed by atoms with Crippen molar-refractivity contribution in [2.45, 2.75) is 25.7 Å².